The molecule has 0 aliphatic rings. The maximum Gasteiger partial charge on any atom is 0.330 e. The summed E-state index contributed by atoms with van der Waals surface area (Å²) in [5.41, 5.74) is 0. The van der Waals surface area contributed by atoms with Crippen molar-refractivity contribution in [1.29, 1.82) is 0 Å². The third kappa shape index (κ3) is 15.8. The molecule has 0 heterocycles. The lowest BCUT2D eigenvalue weighted by atomic mass is 10.1. The number of hydrogen-bond donors (Lipinski definition) is 0. The molecule has 4 heteroatoms. The quantitative estimate of drug-likeness (QED) is 0.242. The van der Waals surface area contributed by atoms with Crippen LogP contribution in [-0.4, -0.2) is 50.3 Å². The van der Waals surface area contributed by atoms with Gasteiger partial charge in [-0.15, -0.1) is 0 Å². The minimum absolute atomic E-state index is 0.235. The second kappa shape index (κ2) is 17.5. The summed E-state index contributed by atoms with van der Waals surface area (Å²) in [7, 11) is 0. The van der Waals surface area contributed by atoms with Crippen molar-refractivity contribution in [3.63, 3.8) is 0 Å². The van der Waals surface area contributed by atoms with Crippen LogP contribution in [0.5, 0.6) is 0 Å². The molecule has 0 saturated heterocycles. The van der Waals surface area contributed by atoms with Crippen molar-refractivity contribution in [3.05, 3.63) is 12.2 Å². The van der Waals surface area contributed by atoms with E-state index in [0.29, 0.717) is 13.2 Å². The Labute approximate surface area is 143 Å². The zero-order chi connectivity index (χ0) is 17.2. The van der Waals surface area contributed by atoms with Gasteiger partial charge < -0.3 is 14.4 Å². The van der Waals surface area contributed by atoms with Crippen molar-refractivity contribution in [3.8, 4) is 0 Å². The van der Waals surface area contributed by atoms with Gasteiger partial charge in [-0.1, -0.05) is 52.5 Å². The van der Waals surface area contributed by atoms with E-state index in [1.807, 2.05) is 6.08 Å². The van der Waals surface area contributed by atoms with Crippen LogP contribution in [0.2, 0.25) is 0 Å². The number of esters is 1. The topological polar surface area (TPSA) is 38.8 Å². The van der Waals surface area contributed by atoms with Gasteiger partial charge in [-0.3, -0.25) is 0 Å². The summed E-state index contributed by atoms with van der Waals surface area (Å²) in [5, 5.41) is 0. The van der Waals surface area contributed by atoms with Gasteiger partial charge in [-0.2, -0.15) is 0 Å². The zero-order valence-electron chi connectivity index (χ0n) is 15.5. The highest BCUT2D eigenvalue weighted by Gasteiger charge is 1.99. The van der Waals surface area contributed by atoms with Crippen molar-refractivity contribution < 1.29 is 14.3 Å². The molecule has 0 amide bonds. The lowest BCUT2D eigenvalue weighted by Crippen LogP contribution is -2.27. The number of carbonyl (C=O) groups excluding carboxylic acids is 1. The summed E-state index contributed by atoms with van der Waals surface area (Å²) in [4.78, 5) is 13.8. The minimum Gasteiger partial charge on any atom is -0.462 e. The van der Waals surface area contributed by atoms with Crippen LogP contribution in [0.4, 0.5) is 0 Å². The molecule has 0 unspecified atom stereocenters. The highest BCUT2D eigenvalue weighted by atomic mass is 16.5. The summed E-state index contributed by atoms with van der Waals surface area (Å²) < 4.78 is 10.7. The number of hydrogen-bond acceptors (Lipinski definition) is 4. The van der Waals surface area contributed by atoms with Gasteiger partial charge >= 0.3 is 5.97 Å². The van der Waals surface area contributed by atoms with Gasteiger partial charge in [0, 0.05) is 25.6 Å². The van der Waals surface area contributed by atoms with Crippen LogP contribution in [0.3, 0.4) is 0 Å². The number of ether oxygens (including phenoxy) is 2. The average Bonchev–Trinajstić information content (AvgIpc) is 2.56. The Kier molecular flexibility index (Phi) is 16.8. The van der Waals surface area contributed by atoms with Crippen molar-refractivity contribution in [2.45, 2.75) is 65.7 Å². The molecule has 0 aliphatic heterocycles. The summed E-state index contributed by atoms with van der Waals surface area (Å²) in [6, 6.07) is 0. The molecule has 0 aromatic carbocycles. The molecule has 0 atom stereocenters. The van der Waals surface area contributed by atoms with Gasteiger partial charge in [-0.05, 0) is 25.9 Å². The minimum atomic E-state index is -0.235. The standard InChI is InChI=1S/C19H37NO3/c1-4-7-8-9-10-11-12-14-19(21)23-17-13-16-22-18-15-20(5-2)6-3/h12,14H,4-11,13,15-18H2,1-3H3/b14-12+. The van der Waals surface area contributed by atoms with Gasteiger partial charge in [-0.25, -0.2) is 4.79 Å². The summed E-state index contributed by atoms with van der Waals surface area (Å²) in [5.74, 6) is -0.235. The van der Waals surface area contributed by atoms with Gasteiger partial charge in [0.2, 0.25) is 0 Å². The number of allylic oxidation sites excluding steroid dienone is 1. The van der Waals surface area contributed by atoms with Crippen LogP contribution in [0.1, 0.15) is 65.7 Å². The Bertz CT molecular complexity index is 288. The Morgan fingerprint density at radius 2 is 1.65 bits per heavy atom. The van der Waals surface area contributed by atoms with Gasteiger partial charge in [0.15, 0.2) is 0 Å². The SMILES string of the molecule is CCCCCCC/C=C/C(=O)OCCCOCCN(CC)CC. The van der Waals surface area contributed by atoms with Crippen molar-refractivity contribution in [2.24, 2.45) is 0 Å². The third-order valence-corrected chi connectivity index (χ3v) is 3.85. The van der Waals surface area contributed by atoms with E-state index in [2.05, 4.69) is 25.7 Å². The molecular weight excluding hydrogens is 290 g/mol. The fourth-order valence-corrected chi connectivity index (χ4v) is 2.26. The van der Waals surface area contributed by atoms with E-state index in [0.717, 1.165) is 45.5 Å². The molecule has 0 aromatic heterocycles. The summed E-state index contributed by atoms with van der Waals surface area (Å²) in [6.07, 6.45) is 11.5. The predicted molar refractivity (Wildman–Crippen MR) is 96.7 cm³/mol. The fraction of sp³-hybridized carbons (Fsp3) is 0.842. The first-order valence-electron chi connectivity index (χ1n) is 9.37. The van der Waals surface area contributed by atoms with Crippen LogP contribution in [0.25, 0.3) is 0 Å². The van der Waals surface area contributed by atoms with Crippen molar-refractivity contribution in [2.75, 3.05) is 39.5 Å². The Balaban J connectivity index is 3.36. The van der Waals surface area contributed by atoms with E-state index in [9.17, 15) is 4.79 Å². The smallest absolute Gasteiger partial charge is 0.330 e. The van der Waals surface area contributed by atoms with Crippen LogP contribution >= 0.6 is 0 Å². The molecule has 23 heavy (non-hydrogen) atoms. The highest BCUT2D eigenvalue weighted by Crippen LogP contribution is 2.05. The largest absolute Gasteiger partial charge is 0.462 e. The first kappa shape index (κ1) is 22.1. The lowest BCUT2D eigenvalue weighted by molar-refractivity contribution is -0.138. The van der Waals surface area contributed by atoms with E-state index in [1.54, 1.807) is 6.08 Å². The van der Waals surface area contributed by atoms with E-state index >= 15 is 0 Å². The number of rotatable bonds is 16. The molecule has 0 aliphatic carbocycles. The van der Waals surface area contributed by atoms with Gasteiger partial charge in [0.1, 0.15) is 0 Å². The van der Waals surface area contributed by atoms with E-state index < -0.39 is 0 Å². The van der Waals surface area contributed by atoms with Crippen molar-refractivity contribution in [1.82, 2.24) is 4.90 Å². The molecule has 0 radical (unpaired) electrons. The van der Waals surface area contributed by atoms with Crippen LogP contribution in [0, 0.1) is 0 Å². The fourth-order valence-electron chi connectivity index (χ4n) is 2.26. The molecule has 0 spiro atoms. The van der Waals surface area contributed by atoms with E-state index in [1.165, 1.54) is 25.7 Å². The Morgan fingerprint density at radius 1 is 0.913 bits per heavy atom. The monoisotopic (exact) mass is 327 g/mol. The van der Waals surface area contributed by atoms with Gasteiger partial charge in [0.05, 0.1) is 13.2 Å². The van der Waals surface area contributed by atoms with Crippen molar-refractivity contribution >= 4 is 5.97 Å². The summed E-state index contributed by atoms with van der Waals surface area (Å²) >= 11 is 0. The lowest BCUT2D eigenvalue weighted by Gasteiger charge is -2.17. The van der Waals surface area contributed by atoms with Crippen LogP contribution < -0.4 is 0 Å². The molecule has 0 bridgehead atoms. The normalized spacial score (nSPS) is 11.5. The first-order valence-corrected chi connectivity index (χ1v) is 9.37. The maximum absolute atomic E-state index is 11.5. The number of unbranched alkanes of at least 4 members (excludes halogenated alkanes) is 5. The molecule has 0 saturated carbocycles. The molecule has 0 fully saturated rings. The maximum atomic E-state index is 11.5. The first-order chi connectivity index (χ1) is 11.2. The predicted octanol–water partition coefficient (Wildman–Crippen LogP) is 4.19. The molecule has 0 N–H and O–H groups in total. The number of likely N-dealkylation sites (N-methyl/N-ethyl adjacent to an activating group) is 1. The van der Waals surface area contributed by atoms with Crippen LogP contribution in [-0.2, 0) is 14.3 Å². The zero-order valence-corrected chi connectivity index (χ0v) is 15.5. The second-order valence-corrected chi connectivity index (χ2v) is 5.77. The number of carbonyl (C=O) groups is 1. The molecule has 0 rings (SSSR count). The summed E-state index contributed by atoms with van der Waals surface area (Å²) in [6.45, 7) is 11.4. The van der Waals surface area contributed by atoms with Gasteiger partial charge in [0.25, 0.3) is 0 Å². The number of nitrogens with zero attached hydrogens (tertiary/aromatic N) is 1. The highest BCUT2D eigenvalue weighted by molar-refractivity contribution is 5.81. The van der Waals surface area contributed by atoms with E-state index in [4.69, 9.17) is 9.47 Å². The molecule has 4 nitrogen and oxygen atoms in total. The molecule has 136 valence electrons. The molecular formula is C19H37NO3. The second-order valence-electron chi connectivity index (χ2n) is 5.77. The molecule has 0 aromatic rings. The third-order valence-electron chi connectivity index (χ3n) is 3.85. The van der Waals surface area contributed by atoms with E-state index in [-0.39, 0.29) is 5.97 Å². The average molecular weight is 328 g/mol. The Hall–Kier alpha value is -0.870. The Morgan fingerprint density at radius 3 is 2.35 bits per heavy atom. The van der Waals surface area contributed by atoms with Crippen LogP contribution in [0.15, 0.2) is 12.2 Å².